The van der Waals surface area contributed by atoms with Crippen molar-refractivity contribution in [1.82, 2.24) is 9.88 Å². The van der Waals surface area contributed by atoms with Crippen LogP contribution >= 0.6 is 11.3 Å². The second-order valence-electron chi connectivity index (χ2n) is 8.17. The van der Waals surface area contributed by atoms with Crippen LogP contribution in [0.25, 0.3) is 0 Å². The fourth-order valence-corrected chi connectivity index (χ4v) is 5.41. The Kier molecular flexibility index (Phi) is 6.32. The van der Waals surface area contributed by atoms with E-state index >= 15 is 0 Å². The Bertz CT molecular complexity index is 978. The molecule has 0 aliphatic carbocycles. The van der Waals surface area contributed by atoms with Gasteiger partial charge in [-0.2, -0.15) is 11.3 Å². The van der Waals surface area contributed by atoms with Crippen LogP contribution in [0.1, 0.15) is 72.2 Å². The number of methoxy groups -OCH3 is 1. The average molecular weight is 424 g/mol. The fraction of sp³-hybridized carbons (Fsp3) is 0.458. The summed E-state index contributed by atoms with van der Waals surface area (Å²) in [6.07, 6.45) is 9.29. The molecule has 2 aromatic heterocycles. The highest BCUT2D eigenvalue weighted by atomic mass is 32.1. The minimum absolute atomic E-state index is 0.178. The monoisotopic (exact) mass is 423 g/mol. The van der Waals surface area contributed by atoms with Crippen LogP contribution in [-0.4, -0.2) is 29.2 Å². The molecular formula is C24H29N3O2S. The van der Waals surface area contributed by atoms with Gasteiger partial charge in [-0.05, 0) is 61.6 Å². The standard InChI is InChI=1S/C24H29N3O2S/c1-16-7-5-11-25-22(16)20-9-4-10-21(23-17(2)8-6-12-26-23)27(20)13-18-14-30-15-19(18)24(28)29-3/h5,7,11-12,14-15,17,20H,4,6,8-10,13H2,1-3H3/t17?,20-/m0/s1. The van der Waals surface area contributed by atoms with E-state index in [1.165, 1.54) is 24.1 Å². The van der Waals surface area contributed by atoms with E-state index in [4.69, 9.17) is 14.7 Å². The molecule has 2 aliphatic heterocycles. The van der Waals surface area contributed by atoms with Gasteiger partial charge in [-0.1, -0.05) is 13.0 Å². The number of nitrogens with zero attached hydrogens (tertiary/aromatic N) is 3. The Hall–Kier alpha value is -2.47. The predicted octanol–water partition coefficient (Wildman–Crippen LogP) is 5.68. The van der Waals surface area contributed by atoms with Crippen LogP contribution in [0.5, 0.6) is 0 Å². The Balaban J connectivity index is 1.79. The number of hydrogen-bond donors (Lipinski definition) is 0. The first-order valence-corrected chi connectivity index (χ1v) is 11.6. The number of allylic oxidation sites excluding steroid dienone is 2. The SMILES string of the molecule is COC(=O)c1cscc1CN1C(=C2N=CCCC2C)CCC[C@H]1c1ncccc1C. The maximum Gasteiger partial charge on any atom is 0.339 e. The molecule has 2 atom stereocenters. The van der Waals surface area contributed by atoms with E-state index in [2.05, 4.69) is 36.4 Å². The smallest absolute Gasteiger partial charge is 0.339 e. The number of ether oxygens (including phenoxy) is 1. The second kappa shape index (κ2) is 9.13. The maximum atomic E-state index is 12.3. The number of rotatable bonds is 4. The van der Waals surface area contributed by atoms with Gasteiger partial charge in [0.25, 0.3) is 0 Å². The number of aliphatic imine (C=N–C) groups is 1. The summed E-state index contributed by atoms with van der Waals surface area (Å²) in [5, 5.41) is 3.96. The molecule has 0 radical (unpaired) electrons. The van der Waals surface area contributed by atoms with E-state index in [1.807, 2.05) is 17.6 Å². The lowest BCUT2D eigenvalue weighted by Gasteiger charge is -2.41. The van der Waals surface area contributed by atoms with E-state index < -0.39 is 0 Å². The molecule has 158 valence electrons. The quantitative estimate of drug-likeness (QED) is 0.594. The molecular weight excluding hydrogens is 394 g/mol. The zero-order chi connectivity index (χ0) is 21.1. The molecule has 0 spiro atoms. The van der Waals surface area contributed by atoms with Crippen molar-refractivity contribution < 1.29 is 9.53 Å². The maximum absolute atomic E-state index is 12.3. The first-order valence-electron chi connectivity index (χ1n) is 10.7. The van der Waals surface area contributed by atoms with Gasteiger partial charge in [-0.15, -0.1) is 0 Å². The van der Waals surface area contributed by atoms with E-state index in [0.29, 0.717) is 18.0 Å². The number of piperidine rings is 1. The van der Waals surface area contributed by atoms with Gasteiger partial charge in [0.1, 0.15) is 0 Å². The summed E-state index contributed by atoms with van der Waals surface area (Å²) in [5.74, 6) is 0.172. The van der Waals surface area contributed by atoms with Crippen molar-refractivity contribution in [3.8, 4) is 0 Å². The van der Waals surface area contributed by atoms with Crippen LogP contribution in [0.3, 0.4) is 0 Å². The highest BCUT2D eigenvalue weighted by molar-refractivity contribution is 7.08. The molecule has 0 bridgehead atoms. The predicted molar refractivity (Wildman–Crippen MR) is 121 cm³/mol. The number of aromatic nitrogens is 1. The zero-order valence-corrected chi connectivity index (χ0v) is 18.7. The molecule has 4 rings (SSSR count). The van der Waals surface area contributed by atoms with E-state index in [9.17, 15) is 4.79 Å². The molecule has 0 N–H and O–H groups in total. The number of carbonyl (C=O) groups is 1. The van der Waals surface area contributed by atoms with Crippen LogP contribution in [-0.2, 0) is 11.3 Å². The minimum Gasteiger partial charge on any atom is -0.465 e. The van der Waals surface area contributed by atoms with Crippen molar-refractivity contribution >= 4 is 23.5 Å². The van der Waals surface area contributed by atoms with E-state index in [0.717, 1.165) is 43.4 Å². The van der Waals surface area contributed by atoms with Crippen molar-refractivity contribution in [2.45, 2.75) is 58.5 Å². The molecule has 30 heavy (non-hydrogen) atoms. The number of carbonyl (C=O) groups excluding carboxylic acids is 1. The molecule has 2 aromatic rings. The molecule has 1 unspecified atom stereocenters. The third-order valence-corrected chi connectivity index (χ3v) is 6.98. The Labute approximate surface area is 182 Å². The number of aryl methyl sites for hydroxylation is 1. The zero-order valence-electron chi connectivity index (χ0n) is 17.9. The highest BCUT2D eigenvalue weighted by Crippen LogP contribution is 2.42. The van der Waals surface area contributed by atoms with Crippen molar-refractivity contribution in [3.63, 3.8) is 0 Å². The molecule has 5 nitrogen and oxygen atoms in total. The van der Waals surface area contributed by atoms with Gasteiger partial charge in [0, 0.05) is 36.0 Å². The number of pyridine rings is 1. The Morgan fingerprint density at radius 3 is 2.97 bits per heavy atom. The molecule has 1 saturated heterocycles. The van der Waals surface area contributed by atoms with Crippen LogP contribution in [0.15, 0.2) is 45.5 Å². The lowest BCUT2D eigenvalue weighted by molar-refractivity contribution is 0.0598. The second-order valence-corrected chi connectivity index (χ2v) is 8.91. The summed E-state index contributed by atoms with van der Waals surface area (Å²) in [4.78, 5) is 24.4. The Morgan fingerprint density at radius 1 is 1.33 bits per heavy atom. The van der Waals surface area contributed by atoms with Crippen molar-refractivity contribution in [2.75, 3.05) is 7.11 Å². The third-order valence-electron chi connectivity index (χ3n) is 6.19. The number of likely N-dealkylation sites (tertiary alicyclic amines) is 1. The van der Waals surface area contributed by atoms with Gasteiger partial charge >= 0.3 is 5.97 Å². The molecule has 6 heteroatoms. The highest BCUT2D eigenvalue weighted by Gasteiger charge is 2.33. The summed E-state index contributed by atoms with van der Waals surface area (Å²) < 4.78 is 5.02. The summed E-state index contributed by atoms with van der Waals surface area (Å²) in [6.45, 7) is 5.07. The van der Waals surface area contributed by atoms with Crippen molar-refractivity contribution in [2.24, 2.45) is 10.9 Å². The molecule has 0 amide bonds. The molecule has 1 fully saturated rings. The average Bonchev–Trinajstić information content (AvgIpc) is 3.23. The number of esters is 1. The molecule has 4 heterocycles. The van der Waals surface area contributed by atoms with Gasteiger partial charge in [0.05, 0.1) is 30.1 Å². The largest absolute Gasteiger partial charge is 0.465 e. The minimum atomic E-state index is -0.271. The number of thiophene rings is 1. The third kappa shape index (κ3) is 4.06. The molecule has 0 saturated carbocycles. The normalized spacial score (nSPS) is 24.2. The summed E-state index contributed by atoms with van der Waals surface area (Å²) in [6, 6.07) is 4.30. The van der Waals surface area contributed by atoms with Crippen molar-refractivity contribution in [3.05, 3.63) is 62.9 Å². The van der Waals surface area contributed by atoms with Crippen LogP contribution in [0.4, 0.5) is 0 Å². The van der Waals surface area contributed by atoms with E-state index in [-0.39, 0.29) is 12.0 Å². The first-order chi connectivity index (χ1) is 14.6. The van der Waals surface area contributed by atoms with Crippen LogP contribution in [0, 0.1) is 12.8 Å². The van der Waals surface area contributed by atoms with Gasteiger partial charge in [-0.3, -0.25) is 9.98 Å². The fourth-order valence-electron chi connectivity index (χ4n) is 4.59. The first kappa shape index (κ1) is 20.8. The summed E-state index contributed by atoms with van der Waals surface area (Å²) >= 11 is 1.55. The molecule has 2 aliphatic rings. The van der Waals surface area contributed by atoms with Gasteiger partial charge < -0.3 is 9.64 Å². The molecule has 0 aromatic carbocycles. The van der Waals surface area contributed by atoms with E-state index in [1.54, 1.807) is 11.3 Å². The number of hydrogen-bond acceptors (Lipinski definition) is 6. The van der Waals surface area contributed by atoms with Gasteiger partial charge in [0.15, 0.2) is 0 Å². The van der Waals surface area contributed by atoms with Crippen molar-refractivity contribution in [1.29, 1.82) is 0 Å². The van der Waals surface area contributed by atoms with Gasteiger partial charge in [0.2, 0.25) is 0 Å². The summed E-state index contributed by atoms with van der Waals surface area (Å²) in [7, 11) is 1.44. The van der Waals surface area contributed by atoms with Gasteiger partial charge in [-0.25, -0.2) is 4.79 Å². The van der Waals surface area contributed by atoms with Crippen LogP contribution < -0.4 is 0 Å². The van der Waals surface area contributed by atoms with Crippen LogP contribution in [0.2, 0.25) is 0 Å². The summed E-state index contributed by atoms with van der Waals surface area (Å²) in [5.41, 5.74) is 6.51. The lowest BCUT2D eigenvalue weighted by atomic mass is 9.89. The topological polar surface area (TPSA) is 54.8 Å². The lowest BCUT2D eigenvalue weighted by Crippen LogP contribution is -2.34. The Morgan fingerprint density at radius 2 is 2.20 bits per heavy atom.